The molecule has 4 heteroatoms. The Morgan fingerprint density at radius 3 is 2.95 bits per heavy atom. The predicted octanol–water partition coefficient (Wildman–Crippen LogP) is 3.30. The summed E-state index contributed by atoms with van der Waals surface area (Å²) in [6, 6.07) is 13.2. The van der Waals surface area contributed by atoms with Gasteiger partial charge in [0.1, 0.15) is 24.2 Å². The maximum absolute atomic E-state index is 5.92. The molecule has 2 aromatic carbocycles. The van der Waals surface area contributed by atoms with Gasteiger partial charge >= 0.3 is 0 Å². The largest absolute Gasteiger partial charge is 0.488 e. The molecule has 1 aliphatic heterocycles. The van der Waals surface area contributed by atoms with Crippen molar-refractivity contribution in [3.05, 3.63) is 53.1 Å². The van der Waals surface area contributed by atoms with Crippen molar-refractivity contribution in [3.63, 3.8) is 0 Å². The Hall–Kier alpha value is -1.87. The molecule has 3 rings (SSSR count). The molecular weight excluding hydrogens is 262 g/mol. The van der Waals surface area contributed by atoms with Gasteiger partial charge < -0.3 is 15.2 Å². The van der Waals surface area contributed by atoms with Crippen molar-refractivity contribution in [1.29, 1.82) is 0 Å². The number of nitrogen functional groups attached to an aromatic ring is 1. The summed E-state index contributed by atoms with van der Waals surface area (Å²) in [5.74, 6) is 1.54. The number of halogens is 1. The van der Waals surface area contributed by atoms with Crippen LogP contribution in [0.25, 0.3) is 0 Å². The van der Waals surface area contributed by atoms with Gasteiger partial charge in [-0.1, -0.05) is 29.8 Å². The number of anilines is 1. The quantitative estimate of drug-likeness (QED) is 0.874. The smallest absolute Gasteiger partial charge is 0.143 e. The summed E-state index contributed by atoms with van der Waals surface area (Å²) in [4.78, 5) is 0. The zero-order valence-electron chi connectivity index (χ0n) is 10.3. The van der Waals surface area contributed by atoms with Crippen LogP contribution in [0.15, 0.2) is 42.5 Å². The highest BCUT2D eigenvalue weighted by Gasteiger charge is 2.23. The number of benzene rings is 2. The van der Waals surface area contributed by atoms with Crippen LogP contribution < -0.4 is 15.2 Å². The van der Waals surface area contributed by atoms with E-state index in [9.17, 15) is 0 Å². The predicted molar refractivity (Wildman–Crippen MR) is 75.9 cm³/mol. The maximum atomic E-state index is 5.92. The average molecular weight is 276 g/mol. The van der Waals surface area contributed by atoms with Crippen molar-refractivity contribution in [2.24, 2.45) is 0 Å². The third-order valence-electron chi connectivity index (χ3n) is 3.11. The highest BCUT2D eigenvalue weighted by molar-refractivity contribution is 6.30. The van der Waals surface area contributed by atoms with Crippen LogP contribution in [0, 0.1) is 0 Å². The lowest BCUT2D eigenvalue weighted by molar-refractivity contribution is 0.149. The number of nitrogens with two attached hydrogens (primary N) is 1. The number of hydrogen-bond donors (Lipinski definition) is 1. The molecule has 0 fully saturated rings. The Kier molecular flexibility index (Phi) is 3.22. The molecule has 2 aromatic rings. The highest BCUT2D eigenvalue weighted by Crippen LogP contribution is 2.30. The third-order valence-corrected chi connectivity index (χ3v) is 3.35. The number of para-hydroxylation sites is 1. The summed E-state index contributed by atoms with van der Waals surface area (Å²) in [5.41, 5.74) is 7.63. The summed E-state index contributed by atoms with van der Waals surface area (Å²) >= 11 is 5.92. The van der Waals surface area contributed by atoms with E-state index in [1.807, 2.05) is 18.2 Å². The van der Waals surface area contributed by atoms with Gasteiger partial charge in [-0.3, -0.25) is 0 Å². The molecule has 3 nitrogen and oxygen atoms in total. The van der Waals surface area contributed by atoms with Crippen LogP contribution >= 0.6 is 11.6 Å². The maximum Gasteiger partial charge on any atom is 0.143 e. The van der Waals surface area contributed by atoms with Crippen LogP contribution in [0.1, 0.15) is 5.56 Å². The molecule has 2 N–H and O–H groups in total. The highest BCUT2D eigenvalue weighted by atomic mass is 35.5. The van der Waals surface area contributed by atoms with Crippen LogP contribution in [-0.2, 0) is 6.42 Å². The number of hydrogen-bond acceptors (Lipinski definition) is 3. The van der Waals surface area contributed by atoms with E-state index in [4.69, 9.17) is 26.8 Å². The molecule has 0 bridgehead atoms. The Balaban J connectivity index is 1.64. The van der Waals surface area contributed by atoms with Gasteiger partial charge in [-0.05, 0) is 23.8 Å². The molecule has 0 aliphatic carbocycles. The van der Waals surface area contributed by atoms with Gasteiger partial charge in [-0.2, -0.15) is 0 Å². The molecular formula is C15H14ClNO2. The molecule has 0 aromatic heterocycles. The summed E-state index contributed by atoms with van der Waals surface area (Å²) in [7, 11) is 0. The van der Waals surface area contributed by atoms with Gasteiger partial charge in [-0.25, -0.2) is 0 Å². The van der Waals surface area contributed by atoms with Gasteiger partial charge in [-0.15, -0.1) is 0 Å². The Morgan fingerprint density at radius 2 is 2.11 bits per heavy atom. The van der Waals surface area contributed by atoms with Crippen molar-refractivity contribution in [2.75, 3.05) is 12.3 Å². The molecule has 0 saturated carbocycles. The van der Waals surface area contributed by atoms with Crippen molar-refractivity contribution >= 4 is 17.3 Å². The van der Waals surface area contributed by atoms with Crippen molar-refractivity contribution in [2.45, 2.75) is 12.5 Å². The van der Waals surface area contributed by atoms with Gasteiger partial charge in [0, 0.05) is 17.5 Å². The Morgan fingerprint density at radius 1 is 1.26 bits per heavy atom. The number of ether oxygens (including phenoxy) is 2. The molecule has 98 valence electrons. The number of rotatable bonds is 3. The van der Waals surface area contributed by atoms with E-state index in [0.717, 1.165) is 12.2 Å². The fourth-order valence-electron chi connectivity index (χ4n) is 2.16. The lowest BCUT2D eigenvalue weighted by Crippen LogP contribution is -2.22. The second-order valence-electron chi connectivity index (χ2n) is 4.54. The molecule has 1 atom stereocenters. The van der Waals surface area contributed by atoms with Gasteiger partial charge in [0.15, 0.2) is 0 Å². The zero-order chi connectivity index (χ0) is 13.2. The lowest BCUT2D eigenvalue weighted by Gasteiger charge is -2.13. The zero-order valence-corrected chi connectivity index (χ0v) is 11.1. The topological polar surface area (TPSA) is 44.5 Å². The van der Waals surface area contributed by atoms with E-state index >= 15 is 0 Å². The summed E-state index contributed by atoms with van der Waals surface area (Å²) in [5, 5.41) is 0.611. The second-order valence-corrected chi connectivity index (χ2v) is 4.98. The van der Waals surface area contributed by atoms with Crippen molar-refractivity contribution in [1.82, 2.24) is 0 Å². The fourth-order valence-corrected chi connectivity index (χ4v) is 2.32. The van der Waals surface area contributed by atoms with E-state index in [-0.39, 0.29) is 6.10 Å². The monoisotopic (exact) mass is 275 g/mol. The molecule has 1 aliphatic rings. The van der Waals surface area contributed by atoms with Gasteiger partial charge in [0.25, 0.3) is 0 Å². The number of fused-ring (bicyclic) bond motifs is 1. The minimum absolute atomic E-state index is 0.0239. The SMILES string of the molecule is Nc1ccc(Cl)cc1OCC1Cc2ccccc2O1. The minimum atomic E-state index is 0.0239. The molecule has 0 radical (unpaired) electrons. The van der Waals surface area contributed by atoms with E-state index in [2.05, 4.69) is 6.07 Å². The Labute approximate surface area is 116 Å². The van der Waals surface area contributed by atoms with Crippen LogP contribution in [0.4, 0.5) is 5.69 Å². The van der Waals surface area contributed by atoms with Crippen LogP contribution in [0.3, 0.4) is 0 Å². The van der Waals surface area contributed by atoms with Crippen LogP contribution in [-0.4, -0.2) is 12.7 Å². The molecule has 1 unspecified atom stereocenters. The van der Waals surface area contributed by atoms with Crippen molar-refractivity contribution < 1.29 is 9.47 Å². The fraction of sp³-hybridized carbons (Fsp3) is 0.200. The molecule has 19 heavy (non-hydrogen) atoms. The molecule has 0 amide bonds. The first kappa shape index (κ1) is 12.2. The Bertz CT molecular complexity index is 575. The summed E-state index contributed by atoms with van der Waals surface area (Å²) in [6.45, 7) is 0.458. The van der Waals surface area contributed by atoms with E-state index in [1.165, 1.54) is 5.56 Å². The first-order valence-corrected chi connectivity index (χ1v) is 6.52. The normalized spacial score (nSPS) is 16.8. The van der Waals surface area contributed by atoms with E-state index < -0.39 is 0 Å². The molecule has 0 saturated heterocycles. The standard InChI is InChI=1S/C15H14ClNO2/c16-11-5-6-13(17)15(8-11)18-9-12-7-10-3-1-2-4-14(10)19-12/h1-6,8,12H,7,9,17H2. The van der Waals surface area contributed by atoms with Gasteiger partial charge in [0.05, 0.1) is 5.69 Å². The lowest BCUT2D eigenvalue weighted by atomic mass is 10.1. The van der Waals surface area contributed by atoms with E-state index in [0.29, 0.717) is 23.1 Å². The van der Waals surface area contributed by atoms with Gasteiger partial charge in [0.2, 0.25) is 0 Å². The van der Waals surface area contributed by atoms with Crippen LogP contribution in [0.2, 0.25) is 5.02 Å². The summed E-state index contributed by atoms with van der Waals surface area (Å²) < 4.78 is 11.5. The van der Waals surface area contributed by atoms with Crippen molar-refractivity contribution in [3.8, 4) is 11.5 Å². The molecule has 1 heterocycles. The minimum Gasteiger partial charge on any atom is -0.488 e. The third kappa shape index (κ3) is 2.61. The second kappa shape index (κ2) is 5.02. The average Bonchev–Trinajstić information content (AvgIpc) is 2.82. The first-order chi connectivity index (χ1) is 9.22. The molecule has 0 spiro atoms. The first-order valence-electron chi connectivity index (χ1n) is 6.15. The summed E-state index contributed by atoms with van der Waals surface area (Å²) in [6.07, 6.45) is 0.882. The van der Waals surface area contributed by atoms with E-state index in [1.54, 1.807) is 18.2 Å². The van der Waals surface area contributed by atoms with Crippen LogP contribution in [0.5, 0.6) is 11.5 Å².